The first-order valence-corrected chi connectivity index (χ1v) is 7.89. The number of para-hydroxylation sites is 1. The van der Waals surface area contributed by atoms with Crippen LogP contribution in [-0.4, -0.2) is 31.8 Å². The van der Waals surface area contributed by atoms with Gasteiger partial charge in [0.05, 0.1) is 16.0 Å². The fourth-order valence-corrected chi connectivity index (χ4v) is 3.16. The Hall–Kier alpha value is -2.46. The van der Waals surface area contributed by atoms with E-state index in [0.29, 0.717) is 5.13 Å². The predicted molar refractivity (Wildman–Crippen MR) is 84.5 cm³/mol. The molecule has 1 aromatic carbocycles. The van der Waals surface area contributed by atoms with Gasteiger partial charge in [0.1, 0.15) is 0 Å². The van der Waals surface area contributed by atoms with E-state index in [1.807, 2.05) is 29.2 Å². The molecule has 0 spiro atoms. The van der Waals surface area contributed by atoms with Crippen LogP contribution in [0.3, 0.4) is 0 Å². The summed E-state index contributed by atoms with van der Waals surface area (Å²) in [6, 6.07) is 7.55. The van der Waals surface area contributed by atoms with Crippen molar-refractivity contribution in [3.63, 3.8) is 0 Å². The van der Waals surface area contributed by atoms with E-state index in [1.165, 1.54) is 11.3 Å². The largest absolute Gasteiger partial charge is 0.342 e. The van der Waals surface area contributed by atoms with E-state index in [-0.39, 0.29) is 16.7 Å². The smallest absolute Gasteiger partial charge is 0.301 e. The van der Waals surface area contributed by atoms with Gasteiger partial charge in [-0.1, -0.05) is 35.2 Å². The lowest BCUT2D eigenvalue weighted by molar-refractivity contribution is -0.113. The summed E-state index contributed by atoms with van der Waals surface area (Å²) in [5.41, 5.74) is -0.496. The SMILES string of the molecule is O=C(CSc1n[nH]c(=O)[nH]c1=O)Nc1nc2ccccc2s1. The number of hydrogen-bond donors (Lipinski definition) is 3. The fourth-order valence-electron chi connectivity index (χ4n) is 1.65. The second-order valence-electron chi connectivity index (χ2n) is 4.14. The second-order valence-corrected chi connectivity index (χ2v) is 6.13. The molecule has 0 saturated heterocycles. The first kappa shape index (κ1) is 14.5. The van der Waals surface area contributed by atoms with Gasteiger partial charge in [-0.2, -0.15) is 5.10 Å². The number of carbonyl (C=O) groups excluding carboxylic acids is 1. The molecule has 0 aliphatic heterocycles. The van der Waals surface area contributed by atoms with Gasteiger partial charge in [0.2, 0.25) is 5.91 Å². The summed E-state index contributed by atoms with van der Waals surface area (Å²) in [6.07, 6.45) is 0. The van der Waals surface area contributed by atoms with E-state index >= 15 is 0 Å². The summed E-state index contributed by atoms with van der Waals surface area (Å²) < 4.78 is 0.976. The normalized spacial score (nSPS) is 10.7. The van der Waals surface area contributed by atoms with Gasteiger partial charge in [0.15, 0.2) is 10.2 Å². The Kier molecular flexibility index (Phi) is 4.02. The van der Waals surface area contributed by atoms with Crippen molar-refractivity contribution in [2.75, 3.05) is 11.1 Å². The average molecular weight is 335 g/mol. The minimum absolute atomic E-state index is 0.0158. The van der Waals surface area contributed by atoms with Gasteiger partial charge in [-0.3, -0.25) is 14.6 Å². The van der Waals surface area contributed by atoms with Crippen LogP contribution in [0, 0.1) is 0 Å². The number of nitrogens with zero attached hydrogens (tertiary/aromatic N) is 2. The number of aromatic nitrogens is 4. The van der Waals surface area contributed by atoms with Gasteiger partial charge in [-0.05, 0) is 12.1 Å². The highest BCUT2D eigenvalue weighted by molar-refractivity contribution is 7.99. The highest BCUT2D eigenvalue weighted by Gasteiger charge is 2.10. The minimum Gasteiger partial charge on any atom is -0.301 e. The molecule has 0 radical (unpaired) electrons. The quantitative estimate of drug-likeness (QED) is 0.607. The lowest BCUT2D eigenvalue weighted by Crippen LogP contribution is -2.25. The van der Waals surface area contributed by atoms with E-state index in [9.17, 15) is 14.4 Å². The summed E-state index contributed by atoms with van der Waals surface area (Å²) >= 11 is 2.30. The van der Waals surface area contributed by atoms with Crippen molar-refractivity contribution in [2.45, 2.75) is 5.03 Å². The van der Waals surface area contributed by atoms with Gasteiger partial charge in [0.25, 0.3) is 5.56 Å². The van der Waals surface area contributed by atoms with Crippen LogP contribution >= 0.6 is 23.1 Å². The Morgan fingerprint density at radius 1 is 1.32 bits per heavy atom. The molecule has 0 aliphatic rings. The zero-order valence-electron chi connectivity index (χ0n) is 11.0. The molecule has 22 heavy (non-hydrogen) atoms. The summed E-state index contributed by atoms with van der Waals surface area (Å²) in [5, 5.41) is 8.88. The van der Waals surface area contributed by atoms with Crippen molar-refractivity contribution in [1.82, 2.24) is 20.2 Å². The summed E-state index contributed by atoms with van der Waals surface area (Å²) in [6.45, 7) is 0. The van der Waals surface area contributed by atoms with E-state index in [2.05, 4.69) is 20.5 Å². The number of aromatic amines is 2. The lowest BCUT2D eigenvalue weighted by Gasteiger charge is -2.00. The zero-order chi connectivity index (χ0) is 15.5. The Morgan fingerprint density at radius 3 is 2.91 bits per heavy atom. The Labute approximate surface area is 131 Å². The maximum Gasteiger partial charge on any atom is 0.342 e. The van der Waals surface area contributed by atoms with Gasteiger partial charge in [-0.15, -0.1) is 0 Å². The standard InChI is InChI=1S/C12H9N5O3S2/c18-8(5-21-10-9(19)15-11(20)17-16-10)14-12-13-6-3-1-2-4-7(6)22-12/h1-4H,5H2,(H,13,14,18)(H2,15,17,19,20). The first-order chi connectivity index (χ1) is 10.6. The molecule has 2 aromatic heterocycles. The monoisotopic (exact) mass is 335 g/mol. The lowest BCUT2D eigenvalue weighted by atomic mass is 10.3. The van der Waals surface area contributed by atoms with E-state index in [0.717, 1.165) is 22.0 Å². The molecule has 0 bridgehead atoms. The van der Waals surface area contributed by atoms with Crippen LogP contribution in [0.5, 0.6) is 0 Å². The molecule has 0 atom stereocenters. The van der Waals surface area contributed by atoms with Gasteiger partial charge in [-0.25, -0.2) is 14.9 Å². The summed E-state index contributed by atoms with van der Waals surface area (Å²) in [7, 11) is 0. The Bertz CT molecular complexity index is 912. The molecular weight excluding hydrogens is 326 g/mol. The number of benzene rings is 1. The van der Waals surface area contributed by atoms with Gasteiger partial charge in [0, 0.05) is 0 Å². The van der Waals surface area contributed by atoms with Crippen LogP contribution in [0.1, 0.15) is 0 Å². The van der Waals surface area contributed by atoms with Crippen molar-refractivity contribution in [1.29, 1.82) is 0 Å². The Morgan fingerprint density at radius 2 is 2.14 bits per heavy atom. The number of thioether (sulfide) groups is 1. The van der Waals surface area contributed by atoms with Crippen molar-refractivity contribution < 1.29 is 4.79 Å². The predicted octanol–water partition coefficient (Wildman–Crippen LogP) is 0.799. The third-order valence-electron chi connectivity index (χ3n) is 2.56. The third-order valence-corrected chi connectivity index (χ3v) is 4.47. The molecule has 3 rings (SSSR count). The fraction of sp³-hybridized carbons (Fsp3) is 0.0833. The van der Waals surface area contributed by atoms with Crippen LogP contribution < -0.4 is 16.6 Å². The van der Waals surface area contributed by atoms with Crippen LogP contribution in [0.25, 0.3) is 10.2 Å². The number of rotatable bonds is 4. The number of thiazole rings is 1. The summed E-state index contributed by atoms with van der Waals surface area (Å²) in [5.74, 6) is -0.325. The van der Waals surface area contributed by atoms with Crippen LogP contribution in [0.15, 0.2) is 38.9 Å². The van der Waals surface area contributed by atoms with Gasteiger partial charge >= 0.3 is 5.69 Å². The molecular formula is C12H9N5O3S2. The highest BCUT2D eigenvalue weighted by Crippen LogP contribution is 2.25. The van der Waals surface area contributed by atoms with Crippen molar-refractivity contribution in [3.05, 3.63) is 45.1 Å². The molecule has 0 aliphatic carbocycles. The molecule has 2 heterocycles. The number of hydrogen-bond acceptors (Lipinski definition) is 7. The van der Waals surface area contributed by atoms with Crippen molar-refractivity contribution >= 4 is 44.4 Å². The molecule has 3 aromatic rings. The Balaban J connectivity index is 1.65. The number of carbonyl (C=O) groups is 1. The van der Waals surface area contributed by atoms with Crippen LogP contribution in [0.2, 0.25) is 0 Å². The molecule has 0 unspecified atom stereocenters. The molecule has 1 amide bonds. The maximum absolute atomic E-state index is 11.9. The molecule has 8 nitrogen and oxygen atoms in total. The van der Waals surface area contributed by atoms with E-state index < -0.39 is 11.2 Å². The number of amides is 1. The van der Waals surface area contributed by atoms with Crippen LogP contribution in [-0.2, 0) is 4.79 Å². The van der Waals surface area contributed by atoms with E-state index in [4.69, 9.17) is 0 Å². The van der Waals surface area contributed by atoms with E-state index in [1.54, 1.807) is 0 Å². The van der Waals surface area contributed by atoms with Crippen LogP contribution in [0.4, 0.5) is 5.13 Å². The van der Waals surface area contributed by atoms with Crippen molar-refractivity contribution in [3.8, 4) is 0 Å². The van der Waals surface area contributed by atoms with Gasteiger partial charge < -0.3 is 5.32 Å². The second kappa shape index (κ2) is 6.12. The molecule has 10 heteroatoms. The number of anilines is 1. The molecule has 0 fully saturated rings. The molecule has 3 N–H and O–H groups in total. The first-order valence-electron chi connectivity index (χ1n) is 6.09. The number of H-pyrrole nitrogens is 2. The average Bonchev–Trinajstić information content (AvgIpc) is 2.88. The number of nitrogens with one attached hydrogen (secondary N) is 3. The molecule has 0 saturated carbocycles. The van der Waals surface area contributed by atoms with Crippen molar-refractivity contribution in [2.24, 2.45) is 0 Å². The summed E-state index contributed by atoms with van der Waals surface area (Å²) in [4.78, 5) is 40.5. The number of fused-ring (bicyclic) bond motifs is 1. The molecule has 112 valence electrons. The minimum atomic E-state index is -0.687. The third kappa shape index (κ3) is 3.23. The topological polar surface area (TPSA) is 121 Å². The zero-order valence-corrected chi connectivity index (χ0v) is 12.6. The maximum atomic E-state index is 11.9. The highest BCUT2D eigenvalue weighted by atomic mass is 32.2.